The van der Waals surface area contributed by atoms with E-state index in [1.165, 1.54) is 34.7 Å². The van der Waals surface area contributed by atoms with E-state index in [-0.39, 0.29) is 5.92 Å². The lowest BCUT2D eigenvalue weighted by Crippen LogP contribution is -2.48. The first-order chi connectivity index (χ1) is 12.1. The molecule has 0 N–H and O–H groups in total. The van der Waals surface area contributed by atoms with Crippen molar-refractivity contribution in [3.63, 3.8) is 0 Å². The summed E-state index contributed by atoms with van der Waals surface area (Å²) in [5, 5.41) is 2.63. The minimum absolute atomic E-state index is 0.168. The molecule has 2 fully saturated rings. The number of fused-ring (bicyclic) bond motifs is 3. The first-order valence-electron chi connectivity index (χ1n) is 9.89. The first-order valence-corrected chi connectivity index (χ1v) is 9.89. The number of rotatable bonds is 4. The predicted octanol–water partition coefficient (Wildman–Crippen LogP) is 4.95. The maximum atomic E-state index is 12.8. The second kappa shape index (κ2) is 6.57. The van der Waals surface area contributed by atoms with Crippen LogP contribution in [0.3, 0.4) is 0 Å². The summed E-state index contributed by atoms with van der Waals surface area (Å²) in [4.78, 5) is 15.3. The van der Waals surface area contributed by atoms with Gasteiger partial charge in [0.25, 0.3) is 0 Å². The van der Waals surface area contributed by atoms with Crippen molar-refractivity contribution in [2.75, 3.05) is 7.05 Å². The molecular formula is C23H29NO. The lowest BCUT2D eigenvalue weighted by atomic mass is 9.73. The van der Waals surface area contributed by atoms with E-state index in [2.05, 4.69) is 55.3 Å². The SMILES string of the molecule is CCC(=O)[C@H]1[C@@H](c2ccc3cc(CC)ccc3c2)C[C@@H]2CC[C@H]1N2C. The molecule has 25 heavy (non-hydrogen) atoms. The molecule has 2 heteroatoms. The van der Waals surface area contributed by atoms with Crippen molar-refractivity contribution in [1.82, 2.24) is 4.90 Å². The standard InChI is InChI=1S/C23H29NO/c1-4-15-6-7-17-13-18(9-8-16(17)12-15)20-14-19-10-11-21(24(19)3)23(20)22(25)5-2/h6-9,12-13,19-21,23H,4-5,10-11,14H2,1-3H3/t19-,20+,21+,23-/m0/s1. The summed E-state index contributed by atoms with van der Waals surface area (Å²) >= 11 is 0. The molecule has 4 atom stereocenters. The summed E-state index contributed by atoms with van der Waals surface area (Å²) in [5.41, 5.74) is 2.75. The Labute approximate surface area is 151 Å². The molecule has 0 spiro atoms. The van der Waals surface area contributed by atoms with E-state index >= 15 is 0 Å². The van der Waals surface area contributed by atoms with Gasteiger partial charge in [-0.05, 0) is 60.5 Å². The third kappa shape index (κ3) is 2.81. The molecule has 0 amide bonds. The molecule has 0 saturated carbocycles. The Morgan fingerprint density at radius 2 is 1.84 bits per heavy atom. The van der Waals surface area contributed by atoms with Crippen molar-refractivity contribution in [3.05, 3.63) is 47.5 Å². The van der Waals surface area contributed by atoms with E-state index in [4.69, 9.17) is 0 Å². The maximum Gasteiger partial charge on any atom is 0.137 e. The fraction of sp³-hybridized carbons (Fsp3) is 0.522. The molecule has 2 saturated heterocycles. The fourth-order valence-corrected chi connectivity index (χ4v) is 5.25. The molecule has 132 valence electrons. The zero-order chi connectivity index (χ0) is 17.6. The number of Topliss-reactive ketones (excluding diaryl/α,β-unsaturated/α-hetero) is 1. The Kier molecular flexibility index (Phi) is 4.41. The summed E-state index contributed by atoms with van der Waals surface area (Å²) < 4.78 is 0. The number of benzene rings is 2. The van der Waals surface area contributed by atoms with Gasteiger partial charge in [-0.1, -0.05) is 50.2 Å². The summed E-state index contributed by atoms with van der Waals surface area (Å²) in [6, 6.07) is 14.8. The van der Waals surface area contributed by atoms with E-state index in [0.29, 0.717) is 30.2 Å². The Morgan fingerprint density at radius 1 is 1.08 bits per heavy atom. The molecule has 2 aliphatic rings. The van der Waals surface area contributed by atoms with Crippen LogP contribution in [0.25, 0.3) is 10.8 Å². The van der Waals surface area contributed by atoms with Crippen LogP contribution in [0.2, 0.25) is 0 Å². The van der Waals surface area contributed by atoms with Gasteiger partial charge in [0.05, 0.1) is 0 Å². The number of nitrogens with zero attached hydrogens (tertiary/aromatic N) is 1. The smallest absolute Gasteiger partial charge is 0.137 e. The summed E-state index contributed by atoms with van der Waals surface area (Å²) in [6.07, 6.45) is 5.29. The van der Waals surface area contributed by atoms with Crippen molar-refractivity contribution in [3.8, 4) is 0 Å². The average Bonchev–Trinajstić information content (AvgIpc) is 2.88. The average molecular weight is 335 g/mol. The molecule has 2 heterocycles. The largest absolute Gasteiger partial charge is 0.300 e. The van der Waals surface area contributed by atoms with E-state index in [9.17, 15) is 4.79 Å². The van der Waals surface area contributed by atoms with Gasteiger partial charge in [-0.15, -0.1) is 0 Å². The molecule has 0 unspecified atom stereocenters. The zero-order valence-corrected chi connectivity index (χ0v) is 15.7. The predicted molar refractivity (Wildman–Crippen MR) is 104 cm³/mol. The second-order valence-electron chi connectivity index (χ2n) is 7.95. The van der Waals surface area contributed by atoms with Crippen molar-refractivity contribution in [1.29, 1.82) is 0 Å². The van der Waals surface area contributed by atoms with Crippen molar-refractivity contribution < 1.29 is 4.79 Å². The number of carbonyl (C=O) groups excluding carboxylic acids is 1. The number of hydrogen-bond acceptors (Lipinski definition) is 2. The summed E-state index contributed by atoms with van der Waals surface area (Å²) in [7, 11) is 2.22. The minimum Gasteiger partial charge on any atom is -0.300 e. The van der Waals surface area contributed by atoms with Crippen LogP contribution >= 0.6 is 0 Å². The Hall–Kier alpha value is -1.67. The first kappa shape index (κ1) is 16.8. The van der Waals surface area contributed by atoms with Crippen LogP contribution in [0.4, 0.5) is 0 Å². The van der Waals surface area contributed by atoms with E-state index in [1.807, 2.05) is 6.92 Å². The highest BCUT2D eigenvalue weighted by Gasteiger charge is 2.48. The molecule has 2 aromatic carbocycles. The quantitative estimate of drug-likeness (QED) is 0.788. The highest BCUT2D eigenvalue weighted by molar-refractivity contribution is 5.85. The number of hydrogen-bond donors (Lipinski definition) is 0. The van der Waals surface area contributed by atoms with Gasteiger partial charge >= 0.3 is 0 Å². The fourth-order valence-electron chi connectivity index (χ4n) is 5.25. The Bertz CT molecular complexity index is 796. The molecule has 2 bridgehead atoms. The number of ketones is 1. The third-order valence-electron chi connectivity index (χ3n) is 6.75. The van der Waals surface area contributed by atoms with Crippen LogP contribution in [0, 0.1) is 5.92 Å². The van der Waals surface area contributed by atoms with Crippen LogP contribution in [0.15, 0.2) is 36.4 Å². The lowest BCUT2D eigenvalue weighted by molar-refractivity contribution is -0.126. The van der Waals surface area contributed by atoms with Crippen LogP contribution < -0.4 is 0 Å². The molecule has 4 rings (SSSR count). The van der Waals surface area contributed by atoms with E-state index < -0.39 is 0 Å². The van der Waals surface area contributed by atoms with Crippen molar-refractivity contribution in [2.24, 2.45) is 5.92 Å². The lowest BCUT2D eigenvalue weighted by Gasteiger charge is -2.42. The highest BCUT2D eigenvalue weighted by Crippen LogP contribution is 2.47. The monoisotopic (exact) mass is 335 g/mol. The third-order valence-corrected chi connectivity index (χ3v) is 6.75. The highest BCUT2D eigenvalue weighted by atomic mass is 16.1. The topological polar surface area (TPSA) is 20.3 Å². The van der Waals surface area contributed by atoms with Gasteiger partial charge in [0.15, 0.2) is 0 Å². The normalized spacial score (nSPS) is 29.2. The van der Waals surface area contributed by atoms with E-state index in [0.717, 1.165) is 12.8 Å². The van der Waals surface area contributed by atoms with Gasteiger partial charge in [0.1, 0.15) is 5.78 Å². The molecule has 2 aliphatic heterocycles. The zero-order valence-electron chi connectivity index (χ0n) is 15.7. The van der Waals surface area contributed by atoms with Crippen molar-refractivity contribution in [2.45, 2.75) is 64.0 Å². The van der Waals surface area contributed by atoms with Gasteiger partial charge in [-0.3, -0.25) is 9.69 Å². The summed E-state index contributed by atoms with van der Waals surface area (Å²) in [5.74, 6) is 1.00. The van der Waals surface area contributed by atoms with Crippen LogP contribution in [0.1, 0.15) is 56.6 Å². The Morgan fingerprint density at radius 3 is 2.60 bits per heavy atom. The van der Waals surface area contributed by atoms with Crippen LogP contribution in [-0.2, 0) is 11.2 Å². The van der Waals surface area contributed by atoms with Gasteiger partial charge in [0, 0.05) is 24.4 Å². The minimum atomic E-state index is 0.168. The molecule has 2 aromatic rings. The Balaban J connectivity index is 1.73. The van der Waals surface area contributed by atoms with Crippen molar-refractivity contribution >= 4 is 16.6 Å². The molecule has 0 aliphatic carbocycles. The maximum absolute atomic E-state index is 12.8. The van der Waals surface area contributed by atoms with E-state index in [1.54, 1.807) is 0 Å². The number of aryl methyl sites for hydroxylation is 1. The second-order valence-corrected chi connectivity index (χ2v) is 7.95. The summed E-state index contributed by atoms with van der Waals surface area (Å²) in [6.45, 7) is 4.22. The molecular weight excluding hydrogens is 306 g/mol. The van der Waals surface area contributed by atoms with Crippen LogP contribution in [-0.4, -0.2) is 29.8 Å². The van der Waals surface area contributed by atoms with Gasteiger partial charge < -0.3 is 0 Å². The number of piperidine rings is 1. The van der Waals surface area contributed by atoms with Gasteiger partial charge in [-0.2, -0.15) is 0 Å². The van der Waals surface area contributed by atoms with Gasteiger partial charge in [-0.25, -0.2) is 0 Å². The number of carbonyl (C=O) groups is 1. The molecule has 2 nitrogen and oxygen atoms in total. The molecule has 0 aromatic heterocycles. The van der Waals surface area contributed by atoms with Crippen LogP contribution in [0.5, 0.6) is 0 Å². The molecule has 0 radical (unpaired) electrons. The van der Waals surface area contributed by atoms with Gasteiger partial charge in [0.2, 0.25) is 0 Å².